The minimum absolute atomic E-state index is 0. The number of carbonyl (C=O) groups excluding carboxylic acids is 1. The molecule has 5 heteroatoms. The van der Waals surface area contributed by atoms with Crippen molar-refractivity contribution in [1.29, 1.82) is 0 Å². The molecule has 0 aliphatic heterocycles. The third kappa shape index (κ3) is 3.03. The Labute approximate surface area is 137 Å². The predicted molar refractivity (Wildman–Crippen MR) is 90.5 cm³/mol. The van der Waals surface area contributed by atoms with Gasteiger partial charge in [0.25, 0.3) is 0 Å². The molecule has 0 saturated carbocycles. The van der Waals surface area contributed by atoms with E-state index in [1.807, 2.05) is 36.4 Å². The monoisotopic (exact) mass is 323 g/mol. The molecule has 0 saturated heterocycles. The third-order valence-electron chi connectivity index (χ3n) is 3.95. The minimum Gasteiger partial charge on any atom is -0.496 e. The molecule has 22 heavy (non-hydrogen) atoms. The maximum atomic E-state index is 12.0. The molecule has 0 heterocycles. The fourth-order valence-electron chi connectivity index (χ4n) is 2.53. The Balaban J connectivity index is 0.00000242. The Morgan fingerprint density at radius 3 is 2.36 bits per heavy atom. The zero-order chi connectivity index (χ0) is 15.6. The zero-order valence-electron chi connectivity index (χ0n) is 13.3. The van der Waals surface area contributed by atoms with Gasteiger partial charge in [-0.25, -0.2) is 0 Å². The molecular weight excluding hydrogens is 302 g/mol. The summed E-state index contributed by atoms with van der Waals surface area (Å²) in [5, 5.41) is 2.05. The Morgan fingerprint density at radius 2 is 1.77 bits per heavy atom. The topological polar surface area (TPSA) is 61.5 Å². The van der Waals surface area contributed by atoms with Gasteiger partial charge in [0.05, 0.1) is 19.6 Å². The second-order valence-electron chi connectivity index (χ2n) is 5.59. The van der Waals surface area contributed by atoms with E-state index >= 15 is 0 Å². The number of nitrogens with two attached hydrogens (primary N) is 1. The summed E-state index contributed by atoms with van der Waals surface area (Å²) < 4.78 is 10.3. The molecular formula is C17H22ClNO3. The minimum atomic E-state index is -0.855. The smallest absolute Gasteiger partial charge is 0.313 e. The quantitative estimate of drug-likeness (QED) is 0.875. The number of fused-ring (bicyclic) bond motifs is 1. The number of hydrogen-bond acceptors (Lipinski definition) is 4. The third-order valence-corrected chi connectivity index (χ3v) is 3.95. The first kappa shape index (κ1) is 18.3. The maximum Gasteiger partial charge on any atom is 0.313 e. The molecule has 2 N–H and O–H groups in total. The zero-order valence-corrected chi connectivity index (χ0v) is 14.1. The van der Waals surface area contributed by atoms with E-state index in [4.69, 9.17) is 15.2 Å². The number of hydrogen-bond donors (Lipinski definition) is 1. The van der Waals surface area contributed by atoms with Crippen LogP contribution in [-0.2, 0) is 9.53 Å². The van der Waals surface area contributed by atoms with Crippen LogP contribution in [0, 0.1) is 5.41 Å². The lowest BCUT2D eigenvalue weighted by molar-refractivity contribution is -0.152. The SMILES string of the molecule is COC(=O)C(C)(C)[C@@H](N)c1c(OC)ccc2ccccc12.Cl. The van der Waals surface area contributed by atoms with Crippen molar-refractivity contribution < 1.29 is 14.3 Å². The summed E-state index contributed by atoms with van der Waals surface area (Å²) in [4.78, 5) is 12.0. The van der Waals surface area contributed by atoms with Crippen LogP contribution in [-0.4, -0.2) is 20.2 Å². The number of ether oxygens (including phenoxy) is 2. The lowest BCUT2D eigenvalue weighted by atomic mass is 9.79. The summed E-state index contributed by atoms with van der Waals surface area (Å²) in [5.41, 5.74) is 6.38. The van der Waals surface area contributed by atoms with Crippen LogP contribution in [0.3, 0.4) is 0 Å². The van der Waals surface area contributed by atoms with Crippen LogP contribution in [0.1, 0.15) is 25.5 Å². The molecule has 1 atom stereocenters. The average molecular weight is 324 g/mol. The molecule has 0 bridgehead atoms. The number of esters is 1. The van der Waals surface area contributed by atoms with E-state index < -0.39 is 11.5 Å². The fraction of sp³-hybridized carbons (Fsp3) is 0.353. The highest BCUT2D eigenvalue weighted by Crippen LogP contribution is 2.40. The van der Waals surface area contributed by atoms with Gasteiger partial charge in [-0.1, -0.05) is 30.3 Å². The molecule has 0 spiro atoms. The van der Waals surface area contributed by atoms with E-state index in [-0.39, 0.29) is 18.4 Å². The van der Waals surface area contributed by atoms with Gasteiger partial charge in [-0.15, -0.1) is 12.4 Å². The van der Waals surface area contributed by atoms with Crippen LogP contribution in [0.4, 0.5) is 0 Å². The van der Waals surface area contributed by atoms with Gasteiger partial charge in [-0.2, -0.15) is 0 Å². The Kier molecular flexibility index (Phi) is 5.80. The van der Waals surface area contributed by atoms with Crippen LogP contribution in [0.5, 0.6) is 5.75 Å². The van der Waals surface area contributed by atoms with Gasteiger partial charge in [0, 0.05) is 11.6 Å². The molecule has 2 rings (SSSR count). The number of halogens is 1. The lowest BCUT2D eigenvalue weighted by Gasteiger charge is -2.30. The largest absolute Gasteiger partial charge is 0.496 e. The van der Waals surface area contributed by atoms with Crippen molar-refractivity contribution in [2.24, 2.45) is 11.1 Å². The summed E-state index contributed by atoms with van der Waals surface area (Å²) in [6.45, 7) is 3.56. The normalized spacial score (nSPS) is 12.4. The van der Waals surface area contributed by atoms with E-state index in [1.165, 1.54) is 7.11 Å². The van der Waals surface area contributed by atoms with Crippen LogP contribution < -0.4 is 10.5 Å². The molecule has 0 aliphatic carbocycles. The highest BCUT2D eigenvalue weighted by molar-refractivity contribution is 5.89. The van der Waals surface area contributed by atoms with Crippen molar-refractivity contribution in [3.05, 3.63) is 42.0 Å². The summed E-state index contributed by atoms with van der Waals surface area (Å²) >= 11 is 0. The Bertz CT molecular complexity index is 670. The van der Waals surface area contributed by atoms with Crippen molar-refractivity contribution in [2.75, 3.05) is 14.2 Å². The van der Waals surface area contributed by atoms with E-state index in [9.17, 15) is 4.79 Å². The van der Waals surface area contributed by atoms with Crippen LogP contribution >= 0.6 is 12.4 Å². The van der Waals surface area contributed by atoms with Crippen molar-refractivity contribution in [2.45, 2.75) is 19.9 Å². The van der Waals surface area contributed by atoms with E-state index in [0.29, 0.717) is 5.75 Å². The summed E-state index contributed by atoms with van der Waals surface area (Å²) in [6.07, 6.45) is 0. The van der Waals surface area contributed by atoms with Gasteiger partial charge < -0.3 is 15.2 Å². The average Bonchev–Trinajstić information content (AvgIpc) is 2.51. The number of benzene rings is 2. The maximum absolute atomic E-state index is 12.0. The summed E-state index contributed by atoms with van der Waals surface area (Å²) in [7, 11) is 2.97. The molecule has 0 amide bonds. The summed E-state index contributed by atoms with van der Waals surface area (Å²) in [6, 6.07) is 11.2. The van der Waals surface area contributed by atoms with Gasteiger partial charge in [0.15, 0.2) is 0 Å². The van der Waals surface area contributed by atoms with Crippen molar-refractivity contribution in [1.82, 2.24) is 0 Å². The van der Waals surface area contributed by atoms with Crippen LogP contribution in [0.15, 0.2) is 36.4 Å². The molecule has 2 aromatic rings. The standard InChI is InChI=1S/C17H21NO3.ClH/c1-17(2,16(19)21-4)15(18)14-12-8-6-5-7-11(12)9-10-13(14)20-3;/h5-10,15H,18H2,1-4H3;1H/t15-;/m0./s1. The van der Waals surface area contributed by atoms with Crippen LogP contribution in [0.25, 0.3) is 10.8 Å². The lowest BCUT2D eigenvalue weighted by Crippen LogP contribution is -2.37. The highest BCUT2D eigenvalue weighted by Gasteiger charge is 2.38. The Morgan fingerprint density at radius 1 is 1.14 bits per heavy atom. The number of rotatable bonds is 4. The fourth-order valence-corrected chi connectivity index (χ4v) is 2.53. The predicted octanol–water partition coefficient (Wildman–Crippen LogP) is 3.47. The molecule has 0 unspecified atom stereocenters. The van der Waals surface area contributed by atoms with Gasteiger partial charge >= 0.3 is 5.97 Å². The van der Waals surface area contributed by atoms with Crippen molar-refractivity contribution in [3.8, 4) is 5.75 Å². The number of carbonyl (C=O) groups is 1. The first-order chi connectivity index (χ1) is 9.93. The Hall–Kier alpha value is -1.78. The molecule has 4 nitrogen and oxygen atoms in total. The van der Waals surface area contributed by atoms with Crippen molar-refractivity contribution in [3.63, 3.8) is 0 Å². The molecule has 0 radical (unpaired) electrons. The molecule has 2 aromatic carbocycles. The van der Waals surface area contributed by atoms with E-state index in [1.54, 1.807) is 21.0 Å². The number of methoxy groups -OCH3 is 2. The molecule has 0 aliphatic rings. The van der Waals surface area contributed by atoms with Gasteiger partial charge in [-0.05, 0) is 30.7 Å². The highest BCUT2D eigenvalue weighted by atomic mass is 35.5. The summed E-state index contributed by atoms with van der Waals surface area (Å²) in [5.74, 6) is 0.336. The molecule has 120 valence electrons. The first-order valence-electron chi connectivity index (χ1n) is 6.83. The molecule has 0 aromatic heterocycles. The second kappa shape index (κ2) is 6.99. The molecule has 0 fully saturated rings. The van der Waals surface area contributed by atoms with E-state index in [0.717, 1.165) is 16.3 Å². The van der Waals surface area contributed by atoms with Crippen LogP contribution in [0.2, 0.25) is 0 Å². The first-order valence-corrected chi connectivity index (χ1v) is 6.83. The second-order valence-corrected chi connectivity index (χ2v) is 5.59. The van der Waals surface area contributed by atoms with Gasteiger partial charge in [0.2, 0.25) is 0 Å². The van der Waals surface area contributed by atoms with E-state index in [2.05, 4.69) is 0 Å². The van der Waals surface area contributed by atoms with Crippen molar-refractivity contribution >= 4 is 29.1 Å². The van der Waals surface area contributed by atoms with Gasteiger partial charge in [0.1, 0.15) is 5.75 Å². The van der Waals surface area contributed by atoms with Gasteiger partial charge in [-0.3, -0.25) is 4.79 Å².